The van der Waals surface area contributed by atoms with Crippen molar-refractivity contribution in [1.29, 1.82) is 0 Å². The smallest absolute Gasteiger partial charge is 0.129 e. The van der Waals surface area contributed by atoms with Gasteiger partial charge in [0.25, 0.3) is 0 Å². The van der Waals surface area contributed by atoms with Gasteiger partial charge in [-0.15, -0.1) is 0 Å². The van der Waals surface area contributed by atoms with E-state index < -0.39 is 0 Å². The minimum Gasteiger partial charge on any atom is -0.363 e. The van der Waals surface area contributed by atoms with Gasteiger partial charge in [-0.3, -0.25) is 4.99 Å². The Morgan fingerprint density at radius 3 is 1.72 bits per heavy atom. The molecule has 25 heavy (non-hydrogen) atoms. The Morgan fingerprint density at radius 1 is 0.680 bits per heavy atom. The summed E-state index contributed by atoms with van der Waals surface area (Å²) in [5.41, 5.74) is 3.57. The average molecular weight is 328 g/mol. The zero-order chi connectivity index (χ0) is 17.5. The van der Waals surface area contributed by atoms with Crippen LogP contribution in [-0.2, 0) is 0 Å². The summed E-state index contributed by atoms with van der Waals surface area (Å²) >= 11 is 0. The lowest BCUT2D eigenvalue weighted by Crippen LogP contribution is -2.28. The van der Waals surface area contributed by atoms with E-state index in [4.69, 9.17) is 4.99 Å². The van der Waals surface area contributed by atoms with Crippen LogP contribution in [0.25, 0.3) is 0 Å². The van der Waals surface area contributed by atoms with E-state index in [2.05, 4.69) is 79.8 Å². The van der Waals surface area contributed by atoms with Crippen LogP contribution in [-0.4, -0.2) is 5.84 Å². The SMILES string of the molecule is C[C@@H](N=C(N[C@H](C)c1ccccc1)c1ccccc1)c1ccccc1. The summed E-state index contributed by atoms with van der Waals surface area (Å²) in [5.74, 6) is 0.924. The van der Waals surface area contributed by atoms with Gasteiger partial charge in [-0.2, -0.15) is 0 Å². The molecule has 0 bridgehead atoms. The molecule has 0 heterocycles. The van der Waals surface area contributed by atoms with Crippen LogP contribution in [0.5, 0.6) is 0 Å². The predicted octanol–water partition coefficient (Wildman–Crippen LogP) is 5.55. The fraction of sp³-hybridized carbons (Fsp3) is 0.174. The van der Waals surface area contributed by atoms with Crippen LogP contribution < -0.4 is 5.32 Å². The van der Waals surface area contributed by atoms with Crippen LogP contribution in [0.2, 0.25) is 0 Å². The quantitative estimate of drug-likeness (QED) is 0.482. The van der Waals surface area contributed by atoms with Crippen LogP contribution >= 0.6 is 0 Å². The number of nitrogens with zero attached hydrogens (tertiary/aromatic N) is 1. The lowest BCUT2D eigenvalue weighted by molar-refractivity contribution is 0.703. The molecule has 3 aromatic rings. The minimum atomic E-state index is 0.0897. The number of nitrogens with one attached hydrogen (secondary N) is 1. The Bertz CT molecular complexity index is 795. The fourth-order valence-electron chi connectivity index (χ4n) is 2.82. The molecule has 0 saturated carbocycles. The zero-order valence-electron chi connectivity index (χ0n) is 14.8. The number of amidine groups is 1. The highest BCUT2D eigenvalue weighted by Crippen LogP contribution is 2.19. The van der Waals surface area contributed by atoms with Gasteiger partial charge < -0.3 is 5.32 Å². The molecule has 2 atom stereocenters. The third kappa shape index (κ3) is 4.57. The molecule has 0 aliphatic carbocycles. The number of hydrogen-bond acceptors (Lipinski definition) is 1. The van der Waals surface area contributed by atoms with Gasteiger partial charge in [0.05, 0.1) is 6.04 Å². The summed E-state index contributed by atoms with van der Waals surface area (Å²) in [7, 11) is 0. The van der Waals surface area contributed by atoms with Gasteiger partial charge in [-0.1, -0.05) is 91.0 Å². The second kappa shape index (κ2) is 8.29. The largest absolute Gasteiger partial charge is 0.363 e. The van der Waals surface area contributed by atoms with Crippen LogP contribution in [0.15, 0.2) is 96.0 Å². The predicted molar refractivity (Wildman–Crippen MR) is 106 cm³/mol. The molecule has 126 valence electrons. The van der Waals surface area contributed by atoms with Crippen LogP contribution in [0.1, 0.15) is 42.6 Å². The number of hydrogen-bond donors (Lipinski definition) is 1. The summed E-state index contributed by atoms with van der Waals surface area (Å²) in [4.78, 5) is 4.99. The molecule has 2 nitrogen and oxygen atoms in total. The van der Waals surface area contributed by atoms with Gasteiger partial charge >= 0.3 is 0 Å². The summed E-state index contributed by atoms with van der Waals surface area (Å²) in [6, 6.07) is 31.5. The first kappa shape index (κ1) is 17.0. The highest BCUT2D eigenvalue weighted by Gasteiger charge is 2.12. The molecule has 0 aromatic heterocycles. The zero-order valence-corrected chi connectivity index (χ0v) is 14.8. The van der Waals surface area contributed by atoms with Crippen molar-refractivity contribution >= 4 is 5.84 Å². The first-order valence-corrected chi connectivity index (χ1v) is 8.73. The lowest BCUT2D eigenvalue weighted by atomic mass is 10.1. The van der Waals surface area contributed by atoms with Crippen molar-refractivity contribution in [2.75, 3.05) is 0 Å². The molecule has 0 unspecified atom stereocenters. The molecular weight excluding hydrogens is 304 g/mol. The molecule has 0 spiro atoms. The average Bonchev–Trinajstić information content (AvgIpc) is 2.69. The Morgan fingerprint density at radius 2 is 1.16 bits per heavy atom. The highest BCUT2D eigenvalue weighted by atomic mass is 15.0. The van der Waals surface area contributed by atoms with E-state index >= 15 is 0 Å². The molecule has 0 aliphatic rings. The van der Waals surface area contributed by atoms with E-state index in [0.29, 0.717) is 0 Å². The second-order valence-corrected chi connectivity index (χ2v) is 6.21. The number of benzene rings is 3. The van der Waals surface area contributed by atoms with Crippen molar-refractivity contribution < 1.29 is 0 Å². The summed E-state index contributed by atoms with van der Waals surface area (Å²) < 4.78 is 0. The van der Waals surface area contributed by atoms with Crippen molar-refractivity contribution in [3.63, 3.8) is 0 Å². The maximum atomic E-state index is 4.99. The van der Waals surface area contributed by atoms with Crippen molar-refractivity contribution in [2.45, 2.75) is 25.9 Å². The van der Waals surface area contributed by atoms with E-state index in [0.717, 1.165) is 11.4 Å². The van der Waals surface area contributed by atoms with Crippen molar-refractivity contribution in [3.05, 3.63) is 108 Å². The molecule has 0 amide bonds. The Kier molecular flexibility index (Phi) is 5.63. The number of rotatable bonds is 5. The second-order valence-electron chi connectivity index (χ2n) is 6.21. The summed E-state index contributed by atoms with van der Waals surface area (Å²) in [5, 5.41) is 3.60. The minimum absolute atomic E-state index is 0.0897. The monoisotopic (exact) mass is 328 g/mol. The molecule has 0 saturated heterocycles. The summed E-state index contributed by atoms with van der Waals surface area (Å²) in [6.07, 6.45) is 0. The Balaban J connectivity index is 1.89. The van der Waals surface area contributed by atoms with Crippen molar-refractivity contribution in [2.24, 2.45) is 4.99 Å². The lowest BCUT2D eigenvalue weighted by Gasteiger charge is -2.19. The standard InChI is InChI=1S/C23H24N2/c1-18(20-12-6-3-7-13-20)24-23(22-16-10-5-11-17-22)25-19(2)21-14-8-4-9-15-21/h3-19H,1-2H3,(H,24,25)/t18-,19-/m1/s1. The maximum Gasteiger partial charge on any atom is 0.129 e. The van der Waals surface area contributed by atoms with Gasteiger partial charge in [0.2, 0.25) is 0 Å². The third-order valence-electron chi connectivity index (χ3n) is 4.30. The van der Waals surface area contributed by atoms with Crippen molar-refractivity contribution in [1.82, 2.24) is 5.32 Å². The molecule has 0 fully saturated rings. The highest BCUT2D eigenvalue weighted by molar-refractivity contribution is 5.99. The molecule has 3 aromatic carbocycles. The number of aliphatic imine (C=N–C) groups is 1. The third-order valence-corrected chi connectivity index (χ3v) is 4.30. The van der Waals surface area contributed by atoms with E-state index in [9.17, 15) is 0 Å². The molecule has 3 rings (SSSR count). The van der Waals surface area contributed by atoms with Gasteiger partial charge in [0, 0.05) is 11.6 Å². The fourth-order valence-corrected chi connectivity index (χ4v) is 2.82. The maximum absolute atomic E-state index is 4.99. The molecular formula is C23H24N2. The molecule has 0 aliphatic heterocycles. The van der Waals surface area contributed by atoms with Gasteiger partial charge in [-0.05, 0) is 25.0 Å². The van der Waals surface area contributed by atoms with E-state index in [1.165, 1.54) is 11.1 Å². The van der Waals surface area contributed by atoms with Crippen LogP contribution in [0.4, 0.5) is 0 Å². The van der Waals surface area contributed by atoms with Crippen molar-refractivity contribution in [3.8, 4) is 0 Å². The molecule has 0 radical (unpaired) electrons. The molecule has 2 heteroatoms. The Hall–Kier alpha value is -2.87. The van der Waals surface area contributed by atoms with E-state index in [1.54, 1.807) is 0 Å². The molecule has 1 N–H and O–H groups in total. The van der Waals surface area contributed by atoms with Crippen LogP contribution in [0.3, 0.4) is 0 Å². The topological polar surface area (TPSA) is 24.4 Å². The normalized spacial score (nSPS) is 13.9. The summed E-state index contributed by atoms with van der Waals surface area (Å²) in [6.45, 7) is 4.30. The first-order chi connectivity index (χ1) is 12.2. The first-order valence-electron chi connectivity index (χ1n) is 8.73. The van der Waals surface area contributed by atoms with Gasteiger partial charge in [0.15, 0.2) is 0 Å². The van der Waals surface area contributed by atoms with Crippen LogP contribution in [0, 0.1) is 0 Å². The Labute approximate surface area is 150 Å². The van der Waals surface area contributed by atoms with E-state index in [1.807, 2.05) is 30.3 Å². The van der Waals surface area contributed by atoms with Gasteiger partial charge in [0.1, 0.15) is 5.84 Å². The van der Waals surface area contributed by atoms with E-state index in [-0.39, 0.29) is 12.1 Å². The van der Waals surface area contributed by atoms with Gasteiger partial charge in [-0.25, -0.2) is 0 Å².